The number of nitrogens with zero attached hydrogens (tertiary/aromatic N) is 1. The predicted molar refractivity (Wildman–Crippen MR) is 53.7 cm³/mol. The van der Waals surface area contributed by atoms with E-state index in [0.29, 0.717) is 18.9 Å². The van der Waals surface area contributed by atoms with Crippen molar-refractivity contribution >= 4 is 17.3 Å². The number of aromatic nitrogens is 1. The third-order valence-electron chi connectivity index (χ3n) is 1.61. The minimum absolute atomic E-state index is 0.379. The fraction of sp³-hybridized carbons (Fsp3) is 0.556. The molecule has 0 spiro atoms. The Bertz CT molecular complexity index is 298. The molecule has 0 aliphatic heterocycles. The van der Waals surface area contributed by atoms with Crippen molar-refractivity contribution in [2.75, 3.05) is 20.3 Å². The van der Waals surface area contributed by atoms with Crippen LogP contribution in [0.15, 0.2) is 5.38 Å². The lowest BCUT2D eigenvalue weighted by molar-refractivity contribution is 0.0594. The van der Waals surface area contributed by atoms with Crippen LogP contribution in [0.5, 0.6) is 0 Å². The number of ether oxygens (including phenoxy) is 2. The van der Waals surface area contributed by atoms with E-state index in [1.165, 1.54) is 18.4 Å². The fourth-order valence-electron chi connectivity index (χ4n) is 0.928. The molecule has 0 atom stereocenters. The van der Waals surface area contributed by atoms with Gasteiger partial charge in [-0.25, -0.2) is 9.78 Å². The van der Waals surface area contributed by atoms with Crippen molar-refractivity contribution < 1.29 is 14.3 Å². The largest absolute Gasteiger partial charge is 0.464 e. The van der Waals surface area contributed by atoms with Crippen molar-refractivity contribution in [1.82, 2.24) is 4.98 Å². The summed E-state index contributed by atoms with van der Waals surface area (Å²) in [5.41, 5.74) is 0.379. The predicted octanol–water partition coefficient (Wildman–Crippen LogP) is 1.51. The van der Waals surface area contributed by atoms with E-state index in [1.54, 1.807) is 5.38 Å². The second kappa shape index (κ2) is 5.72. The number of carbonyl (C=O) groups is 1. The molecular weight excluding hydrogens is 202 g/mol. The van der Waals surface area contributed by atoms with Gasteiger partial charge in [0.1, 0.15) is 0 Å². The second-order valence-corrected chi connectivity index (χ2v) is 3.51. The van der Waals surface area contributed by atoms with Crippen LogP contribution in [-0.2, 0) is 15.9 Å². The highest BCUT2D eigenvalue weighted by atomic mass is 32.1. The minimum atomic E-state index is -0.385. The molecule has 1 rings (SSSR count). The van der Waals surface area contributed by atoms with Gasteiger partial charge >= 0.3 is 5.97 Å². The highest BCUT2D eigenvalue weighted by Gasteiger charge is 2.09. The quantitative estimate of drug-likeness (QED) is 0.552. The Morgan fingerprint density at radius 1 is 1.64 bits per heavy atom. The van der Waals surface area contributed by atoms with E-state index in [9.17, 15) is 4.79 Å². The van der Waals surface area contributed by atoms with Gasteiger partial charge in [-0.3, -0.25) is 0 Å². The number of thiazole rings is 1. The molecule has 5 heteroatoms. The first kappa shape index (κ1) is 11.1. The fourth-order valence-corrected chi connectivity index (χ4v) is 1.68. The SMILES string of the molecule is CCOCCc1nc(C(=O)OC)cs1. The Hall–Kier alpha value is -0.940. The summed E-state index contributed by atoms with van der Waals surface area (Å²) in [5.74, 6) is -0.385. The monoisotopic (exact) mass is 215 g/mol. The van der Waals surface area contributed by atoms with Gasteiger partial charge in [0.15, 0.2) is 5.69 Å². The number of carbonyl (C=O) groups excluding carboxylic acids is 1. The van der Waals surface area contributed by atoms with E-state index in [0.717, 1.165) is 11.4 Å². The number of hydrogen-bond acceptors (Lipinski definition) is 5. The van der Waals surface area contributed by atoms with Crippen molar-refractivity contribution in [3.63, 3.8) is 0 Å². The standard InChI is InChI=1S/C9H13NO3S/c1-3-13-5-4-8-10-7(6-14-8)9(11)12-2/h6H,3-5H2,1-2H3. The zero-order chi connectivity index (χ0) is 10.4. The van der Waals surface area contributed by atoms with Gasteiger partial charge < -0.3 is 9.47 Å². The molecule has 0 radical (unpaired) electrons. The van der Waals surface area contributed by atoms with Gasteiger partial charge in [0, 0.05) is 18.4 Å². The third kappa shape index (κ3) is 3.08. The first-order valence-electron chi connectivity index (χ1n) is 4.38. The van der Waals surface area contributed by atoms with E-state index >= 15 is 0 Å². The lowest BCUT2D eigenvalue weighted by atomic mass is 10.4. The summed E-state index contributed by atoms with van der Waals surface area (Å²) in [7, 11) is 1.35. The minimum Gasteiger partial charge on any atom is -0.464 e. The van der Waals surface area contributed by atoms with Crippen LogP contribution in [0.25, 0.3) is 0 Å². The van der Waals surface area contributed by atoms with Gasteiger partial charge in [0.2, 0.25) is 0 Å². The van der Waals surface area contributed by atoms with Gasteiger partial charge in [0.05, 0.1) is 18.7 Å². The third-order valence-corrected chi connectivity index (χ3v) is 2.52. The molecule has 78 valence electrons. The maximum absolute atomic E-state index is 11.0. The number of rotatable bonds is 5. The average Bonchev–Trinajstić information content (AvgIpc) is 2.66. The maximum Gasteiger partial charge on any atom is 0.357 e. The van der Waals surface area contributed by atoms with Crippen molar-refractivity contribution in [3.05, 3.63) is 16.1 Å². The van der Waals surface area contributed by atoms with Crippen LogP contribution in [0.2, 0.25) is 0 Å². The highest BCUT2D eigenvalue weighted by Crippen LogP contribution is 2.11. The normalized spacial score (nSPS) is 10.1. The van der Waals surface area contributed by atoms with Crippen LogP contribution < -0.4 is 0 Å². The lowest BCUT2D eigenvalue weighted by Crippen LogP contribution is -2.02. The van der Waals surface area contributed by atoms with Crippen molar-refractivity contribution in [1.29, 1.82) is 0 Å². The molecule has 0 amide bonds. The van der Waals surface area contributed by atoms with Crippen LogP contribution in [-0.4, -0.2) is 31.3 Å². The molecule has 1 heterocycles. The van der Waals surface area contributed by atoms with E-state index in [2.05, 4.69) is 9.72 Å². The second-order valence-electron chi connectivity index (χ2n) is 2.56. The lowest BCUT2D eigenvalue weighted by Gasteiger charge is -1.96. The molecular formula is C9H13NO3S. The Kier molecular flexibility index (Phi) is 4.55. The van der Waals surface area contributed by atoms with E-state index in [-0.39, 0.29) is 5.97 Å². The van der Waals surface area contributed by atoms with Gasteiger partial charge in [-0.1, -0.05) is 0 Å². The molecule has 0 bridgehead atoms. The van der Waals surface area contributed by atoms with Crippen molar-refractivity contribution in [2.24, 2.45) is 0 Å². The van der Waals surface area contributed by atoms with E-state index in [4.69, 9.17) is 4.74 Å². The molecule has 0 saturated heterocycles. The zero-order valence-electron chi connectivity index (χ0n) is 8.28. The Morgan fingerprint density at radius 2 is 2.43 bits per heavy atom. The molecule has 0 N–H and O–H groups in total. The summed E-state index contributed by atoms with van der Waals surface area (Å²) >= 11 is 1.45. The van der Waals surface area contributed by atoms with Crippen LogP contribution >= 0.6 is 11.3 Å². The Balaban J connectivity index is 2.46. The van der Waals surface area contributed by atoms with Crippen LogP contribution in [0.3, 0.4) is 0 Å². The van der Waals surface area contributed by atoms with E-state index < -0.39 is 0 Å². The molecule has 1 aromatic heterocycles. The first-order valence-corrected chi connectivity index (χ1v) is 5.26. The highest BCUT2D eigenvalue weighted by molar-refractivity contribution is 7.09. The van der Waals surface area contributed by atoms with Gasteiger partial charge in [-0.05, 0) is 6.92 Å². The summed E-state index contributed by atoms with van der Waals surface area (Å²) in [4.78, 5) is 15.2. The van der Waals surface area contributed by atoms with E-state index in [1.807, 2.05) is 6.92 Å². The van der Waals surface area contributed by atoms with Gasteiger partial charge in [0.25, 0.3) is 0 Å². The number of esters is 1. The molecule has 1 aromatic rings. The van der Waals surface area contributed by atoms with Gasteiger partial charge in [-0.2, -0.15) is 0 Å². The van der Waals surface area contributed by atoms with Crippen LogP contribution in [0.4, 0.5) is 0 Å². The molecule has 4 nitrogen and oxygen atoms in total. The molecule has 14 heavy (non-hydrogen) atoms. The van der Waals surface area contributed by atoms with Crippen LogP contribution in [0, 0.1) is 0 Å². The molecule has 0 unspecified atom stereocenters. The smallest absolute Gasteiger partial charge is 0.357 e. The number of methoxy groups -OCH3 is 1. The molecule has 0 aliphatic carbocycles. The first-order chi connectivity index (χ1) is 6.77. The molecule has 0 aromatic carbocycles. The zero-order valence-corrected chi connectivity index (χ0v) is 9.10. The van der Waals surface area contributed by atoms with Crippen LogP contribution in [0.1, 0.15) is 22.4 Å². The summed E-state index contributed by atoms with van der Waals surface area (Å²) < 4.78 is 9.73. The molecule has 0 saturated carbocycles. The Labute approximate surface area is 86.9 Å². The average molecular weight is 215 g/mol. The molecule has 0 aliphatic rings. The Morgan fingerprint density at radius 3 is 3.07 bits per heavy atom. The summed E-state index contributed by atoms with van der Waals surface area (Å²) in [5, 5.41) is 2.60. The summed E-state index contributed by atoms with van der Waals surface area (Å²) in [6, 6.07) is 0. The van der Waals surface area contributed by atoms with Crippen molar-refractivity contribution in [2.45, 2.75) is 13.3 Å². The van der Waals surface area contributed by atoms with Gasteiger partial charge in [-0.15, -0.1) is 11.3 Å². The summed E-state index contributed by atoms with van der Waals surface area (Å²) in [6.45, 7) is 3.29. The maximum atomic E-state index is 11.0. The summed E-state index contributed by atoms with van der Waals surface area (Å²) in [6.07, 6.45) is 0.746. The topological polar surface area (TPSA) is 48.4 Å². The van der Waals surface area contributed by atoms with Crippen molar-refractivity contribution in [3.8, 4) is 0 Å². The molecule has 0 fully saturated rings. The number of hydrogen-bond donors (Lipinski definition) is 0.